The van der Waals surface area contributed by atoms with E-state index in [9.17, 15) is 9.59 Å². The Hall–Kier alpha value is -3.65. The Morgan fingerprint density at radius 3 is 2.68 bits per heavy atom. The lowest BCUT2D eigenvalue weighted by Gasteiger charge is -2.26. The second kappa shape index (κ2) is 10.1. The zero-order chi connectivity index (χ0) is 24.2. The summed E-state index contributed by atoms with van der Waals surface area (Å²) < 4.78 is 18.6. The van der Waals surface area contributed by atoms with Crippen molar-refractivity contribution in [2.75, 3.05) is 20.3 Å². The molecule has 0 spiro atoms. The summed E-state index contributed by atoms with van der Waals surface area (Å²) in [5.74, 6) is 0.807. The number of hydrogen-bond acceptors (Lipinski definition) is 7. The van der Waals surface area contributed by atoms with E-state index in [2.05, 4.69) is 4.99 Å². The lowest BCUT2D eigenvalue weighted by molar-refractivity contribution is -0.139. The van der Waals surface area contributed by atoms with Gasteiger partial charge in [-0.05, 0) is 50.6 Å². The van der Waals surface area contributed by atoms with Crippen LogP contribution in [0.3, 0.4) is 0 Å². The van der Waals surface area contributed by atoms with Crippen LogP contribution < -0.4 is 24.4 Å². The zero-order valence-corrected chi connectivity index (χ0v) is 20.3. The van der Waals surface area contributed by atoms with Crippen molar-refractivity contribution in [3.8, 4) is 11.5 Å². The number of para-hydroxylation sites is 1. The average molecular weight is 479 g/mol. The Morgan fingerprint density at radius 2 is 1.94 bits per heavy atom. The number of methoxy groups -OCH3 is 1. The highest BCUT2D eigenvalue weighted by molar-refractivity contribution is 7.07. The summed E-state index contributed by atoms with van der Waals surface area (Å²) in [6, 6.07) is 14.2. The molecule has 1 aromatic heterocycles. The van der Waals surface area contributed by atoms with E-state index < -0.39 is 12.0 Å². The number of carbonyl (C=O) groups excluding carboxylic acids is 1. The highest BCUT2D eigenvalue weighted by Crippen LogP contribution is 2.35. The quantitative estimate of drug-likeness (QED) is 0.488. The first kappa shape index (κ1) is 23.5. The fourth-order valence-corrected chi connectivity index (χ4v) is 5.01. The lowest BCUT2D eigenvalue weighted by atomic mass is 9.95. The first-order valence-corrected chi connectivity index (χ1v) is 11.9. The van der Waals surface area contributed by atoms with E-state index in [0.29, 0.717) is 44.3 Å². The van der Waals surface area contributed by atoms with Gasteiger partial charge in [-0.2, -0.15) is 0 Å². The third kappa shape index (κ3) is 4.41. The maximum Gasteiger partial charge on any atom is 0.338 e. The van der Waals surface area contributed by atoms with E-state index in [0.717, 1.165) is 5.56 Å². The molecule has 4 rings (SSSR count). The van der Waals surface area contributed by atoms with Crippen molar-refractivity contribution in [2.24, 2.45) is 4.99 Å². The third-order valence-electron chi connectivity index (χ3n) is 5.42. The summed E-state index contributed by atoms with van der Waals surface area (Å²) in [6.45, 7) is 6.08. The van der Waals surface area contributed by atoms with Gasteiger partial charge >= 0.3 is 5.97 Å². The number of hydrogen-bond donors (Lipinski definition) is 0. The van der Waals surface area contributed by atoms with Crippen LogP contribution in [0.5, 0.6) is 11.5 Å². The largest absolute Gasteiger partial charge is 0.497 e. The second-order valence-corrected chi connectivity index (χ2v) is 8.56. The molecule has 2 aromatic carbocycles. The van der Waals surface area contributed by atoms with Crippen LogP contribution >= 0.6 is 11.3 Å². The molecule has 176 valence electrons. The van der Waals surface area contributed by atoms with Gasteiger partial charge in [-0.15, -0.1) is 0 Å². The third-order valence-corrected chi connectivity index (χ3v) is 6.40. The number of thiazole rings is 1. The van der Waals surface area contributed by atoms with Crippen LogP contribution in [0.1, 0.15) is 37.9 Å². The normalized spacial score (nSPS) is 15.5. The van der Waals surface area contributed by atoms with E-state index in [1.165, 1.54) is 11.3 Å². The minimum absolute atomic E-state index is 0.218. The number of nitrogens with zero attached hydrogens (tertiary/aromatic N) is 2. The molecule has 2 heterocycles. The number of aromatic nitrogens is 1. The minimum atomic E-state index is -0.717. The molecule has 1 aliphatic heterocycles. The maximum atomic E-state index is 13.7. The van der Waals surface area contributed by atoms with Crippen molar-refractivity contribution in [1.29, 1.82) is 0 Å². The molecule has 34 heavy (non-hydrogen) atoms. The number of rotatable bonds is 7. The van der Waals surface area contributed by atoms with Gasteiger partial charge in [-0.25, -0.2) is 9.79 Å². The number of esters is 1. The van der Waals surface area contributed by atoms with Gasteiger partial charge in [0.15, 0.2) is 4.80 Å². The van der Waals surface area contributed by atoms with Gasteiger partial charge in [-0.3, -0.25) is 9.36 Å². The topological polar surface area (TPSA) is 79.1 Å². The smallest absolute Gasteiger partial charge is 0.338 e. The van der Waals surface area contributed by atoms with Gasteiger partial charge in [0.2, 0.25) is 0 Å². The van der Waals surface area contributed by atoms with Crippen molar-refractivity contribution in [3.63, 3.8) is 0 Å². The molecule has 1 atom stereocenters. The van der Waals surface area contributed by atoms with E-state index >= 15 is 0 Å². The van der Waals surface area contributed by atoms with Crippen molar-refractivity contribution >= 4 is 23.4 Å². The van der Waals surface area contributed by atoms with Crippen molar-refractivity contribution in [3.05, 3.63) is 90.6 Å². The summed E-state index contributed by atoms with van der Waals surface area (Å²) in [7, 11) is 1.60. The van der Waals surface area contributed by atoms with Gasteiger partial charge < -0.3 is 14.2 Å². The van der Waals surface area contributed by atoms with Crippen molar-refractivity contribution in [2.45, 2.75) is 26.8 Å². The Kier molecular flexibility index (Phi) is 6.98. The fourth-order valence-electron chi connectivity index (χ4n) is 3.96. The molecule has 0 radical (unpaired) electrons. The minimum Gasteiger partial charge on any atom is -0.497 e. The zero-order valence-electron chi connectivity index (χ0n) is 19.5. The first-order chi connectivity index (χ1) is 16.5. The van der Waals surface area contributed by atoms with Crippen LogP contribution in [0.4, 0.5) is 0 Å². The molecule has 0 saturated heterocycles. The van der Waals surface area contributed by atoms with Crippen molar-refractivity contribution < 1.29 is 19.0 Å². The fraction of sp³-hybridized carbons (Fsp3) is 0.269. The molecule has 0 saturated carbocycles. The SMILES string of the molecule is CCOC(=O)C1=C(C)N=c2s/c(=C\c3cccc(OC)c3)c(=O)n2[C@H]1c1ccccc1OCC. The molecule has 0 fully saturated rings. The molecular formula is C26H26N2O5S. The Labute approximate surface area is 201 Å². The summed E-state index contributed by atoms with van der Waals surface area (Å²) in [6.07, 6.45) is 1.81. The Bertz CT molecular complexity index is 1430. The number of benzene rings is 2. The predicted molar refractivity (Wildman–Crippen MR) is 131 cm³/mol. The van der Waals surface area contributed by atoms with E-state index in [4.69, 9.17) is 14.2 Å². The molecule has 0 bridgehead atoms. The van der Waals surface area contributed by atoms with Crippen LogP contribution in [0.15, 0.2) is 69.6 Å². The van der Waals surface area contributed by atoms with Crippen LogP contribution in [-0.2, 0) is 9.53 Å². The van der Waals surface area contributed by atoms with Crippen LogP contribution in [-0.4, -0.2) is 30.9 Å². The van der Waals surface area contributed by atoms with Crippen LogP contribution in [0, 0.1) is 0 Å². The summed E-state index contributed by atoms with van der Waals surface area (Å²) >= 11 is 1.28. The van der Waals surface area contributed by atoms with Gasteiger partial charge in [0.05, 0.1) is 36.1 Å². The van der Waals surface area contributed by atoms with E-state index in [1.807, 2.05) is 55.5 Å². The summed E-state index contributed by atoms with van der Waals surface area (Å²) in [4.78, 5) is 31.9. The van der Waals surface area contributed by atoms with Gasteiger partial charge in [-0.1, -0.05) is 41.7 Å². The van der Waals surface area contributed by atoms with Crippen LogP contribution in [0.25, 0.3) is 6.08 Å². The highest BCUT2D eigenvalue weighted by atomic mass is 32.1. The number of ether oxygens (including phenoxy) is 3. The van der Waals surface area contributed by atoms with Crippen LogP contribution in [0.2, 0.25) is 0 Å². The monoisotopic (exact) mass is 478 g/mol. The molecule has 7 nitrogen and oxygen atoms in total. The number of allylic oxidation sites excluding steroid dienone is 1. The Balaban J connectivity index is 1.97. The molecule has 3 aromatic rings. The molecule has 0 aliphatic carbocycles. The Morgan fingerprint density at radius 1 is 1.15 bits per heavy atom. The van der Waals surface area contributed by atoms with Crippen molar-refractivity contribution in [1.82, 2.24) is 4.57 Å². The molecule has 0 N–H and O–H groups in total. The number of carbonyl (C=O) groups is 1. The molecule has 0 amide bonds. The van der Waals surface area contributed by atoms with E-state index in [-0.39, 0.29) is 12.2 Å². The van der Waals surface area contributed by atoms with Gasteiger partial charge in [0.1, 0.15) is 17.5 Å². The highest BCUT2D eigenvalue weighted by Gasteiger charge is 2.35. The standard InChI is InChI=1S/C26H26N2O5S/c1-5-32-20-13-8-7-12-19(20)23-22(25(30)33-6-2)16(3)27-26-28(23)24(29)21(34-26)15-17-10-9-11-18(14-17)31-4/h7-15,23H,5-6H2,1-4H3/b21-15-/t23-/m0/s1. The van der Waals surface area contributed by atoms with Gasteiger partial charge in [0.25, 0.3) is 5.56 Å². The molecule has 0 unspecified atom stereocenters. The summed E-state index contributed by atoms with van der Waals surface area (Å²) in [5.41, 5.74) is 2.14. The lowest BCUT2D eigenvalue weighted by Crippen LogP contribution is -2.40. The first-order valence-electron chi connectivity index (χ1n) is 11.0. The predicted octanol–water partition coefficient (Wildman–Crippen LogP) is 3.21. The molecule has 8 heteroatoms. The molecular weight excluding hydrogens is 452 g/mol. The summed E-state index contributed by atoms with van der Waals surface area (Å²) in [5, 5.41) is 0. The van der Waals surface area contributed by atoms with E-state index in [1.54, 1.807) is 31.6 Å². The average Bonchev–Trinajstić information content (AvgIpc) is 3.13. The maximum absolute atomic E-state index is 13.7. The second-order valence-electron chi connectivity index (χ2n) is 7.55. The van der Waals surface area contributed by atoms with Gasteiger partial charge in [0, 0.05) is 5.56 Å². The number of fused-ring (bicyclic) bond motifs is 1. The molecule has 1 aliphatic rings.